The highest BCUT2D eigenvalue weighted by Crippen LogP contribution is 2.25. The van der Waals surface area contributed by atoms with Gasteiger partial charge >= 0.3 is 5.97 Å². The van der Waals surface area contributed by atoms with Crippen LogP contribution in [0.1, 0.15) is 16.6 Å². The number of ether oxygens (including phenoxy) is 1. The number of hydrogen-bond acceptors (Lipinski definition) is 4. The number of hydrogen-bond donors (Lipinski definition) is 1. The number of benzene rings is 1. The first kappa shape index (κ1) is 11.6. The lowest BCUT2D eigenvalue weighted by molar-refractivity contribution is -0.125. The van der Waals surface area contributed by atoms with Gasteiger partial charge < -0.3 is 10.5 Å². The Hall–Kier alpha value is -1.88. The Bertz CT molecular complexity index is 543. The van der Waals surface area contributed by atoms with Gasteiger partial charge in [0.05, 0.1) is 0 Å². The first-order chi connectivity index (χ1) is 8.08. The van der Waals surface area contributed by atoms with Crippen LogP contribution in [-0.2, 0) is 9.53 Å². The minimum Gasteiger partial charge on any atom is -0.448 e. The number of carbonyl (C=O) groups excluding carboxylic acids is 2. The summed E-state index contributed by atoms with van der Waals surface area (Å²) < 4.78 is 5.93. The molecule has 2 aromatic rings. The molecular weight excluding hydrogens is 238 g/mol. The van der Waals surface area contributed by atoms with Gasteiger partial charge in [-0.1, -0.05) is 18.2 Å². The van der Waals surface area contributed by atoms with E-state index in [2.05, 4.69) is 0 Å². The lowest BCUT2D eigenvalue weighted by atomic mass is 10.2. The SMILES string of the molecule is C[C@H](OC(=O)c1cc2ccccc2s1)C(N)=O. The molecule has 0 fully saturated rings. The van der Waals surface area contributed by atoms with Crippen molar-refractivity contribution in [1.82, 2.24) is 0 Å². The third-order valence-electron chi connectivity index (χ3n) is 2.31. The number of primary amides is 1. The van der Waals surface area contributed by atoms with Crippen LogP contribution >= 0.6 is 11.3 Å². The van der Waals surface area contributed by atoms with Crippen LogP contribution in [-0.4, -0.2) is 18.0 Å². The Kier molecular flexibility index (Phi) is 3.10. The van der Waals surface area contributed by atoms with E-state index >= 15 is 0 Å². The summed E-state index contributed by atoms with van der Waals surface area (Å²) in [5.74, 6) is -1.17. The largest absolute Gasteiger partial charge is 0.448 e. The fraction of sp³-hybridized carbons (Fsp3) is 0.167. The molecule has 2 rings (SSSR count). The molecule has 0 aliphatic rings. The minimum absolute atomic E-state index is 0.472. The molecule has 0 aliphatic heterocycles. The average Bonchev–Trinajstić information content (AvgIpc) is 2.72. The maximum absolute atomic E-state index is 11.7. The second-order valence-corrected chi connectivity index (χ2v) is 4.68. The first-order valence-electron chi connectivity index (χ1n) is 5.07. The number of nitrogens with two attached hydrogens (primary N) is 1. The molecule has 0 radical (unpaired) electrons. The van der Waals surface area contributed by atoms with Crippen molar-refractivity contribution in [3.05, 3.63) is 35.2 Å². The molecule has 1 heterocycles. The van der Waals surface area contributed by atoms with Gasteiger partial charge in [-0.05, 0) is 24.4 Å². The molecule has 0 spiro atoms. The molecule has 0 saturated heterocycles. The van der Waals surface area contributed by atoms with Crippen molar-refractivity contribution < 1.29 is 14.3 Å². The van der Waals surface area contributed by atoms with Crippen LogP contribution in [0.3, 0.4) is 0 Å². The van der Waals surface area contributed by atoms with Crippen LogP contribution in [0, 0.1) is 0 Å². The standard InChI is InChI=1S/C12H11NO3S/c1-7(11(13)14)16-12(15)10-6-8-4-2-3-5-9(8)17-10/h2-7H,1H3,(H2,13,14)/t7-/m0/s1. The topological polar surface area (TPSA) is 69.4 Å². The Balaban J connectivity index is 2.22. The average molecular weight is 249 g/mol. The quantitative estimate of drug-likeness (QED) is 0.845. The predicted octanol–water partition coefficient (Wildman–Crippen LogP) is 1.93. The third-order valence-corrected chi connectivity index (χ3v) is 3.41. The van der Waals surface area contributed by atoms with Gasteiger partial charge in [0.15, 0.2) is 6.10 Å². The summed E-state index contributed by atoms with van der Waals surface area (Å²) in [5, 5.41) is 0.983. The van der Waals surface area contributed by atoms with Gasteiger partial charge in [-0.2, -0.15) is 0 Å². The number of fused-ring (bicyclic) bond motifs is 1. The van der Waals surface area contributed by atoms with Gasteiger partial charge in [0.2, 0.25) is 0 Å². The maximum atomic E-state index is 11.7. The van der Waals surface area contributed by atoms with Crippen LogP contribution in [0.15, 0.2) is 30.3 Å². The Morgan fingerprint density at radius 2 is 2.06 bits per heavy atom. The summed E-state index contributed by atoms with van der Waals surface area (Å²) in [6, 6.07) is 9.39. The van der Waals surface area contributed by atoms with Crippen molar-refractivity contribution in [2.45, 2.75) is 13.0 Å². The van der Waals surface area contributed by atoms with E-state index in [-0.39, 0.29) is 0 Å². The number of esters is 1. The van der Waals surface area contributed by atoms with Gasteiger partial charge in [0, 0.05) is 4.70 Å². The number of carbonyl (C=O) groups is 2. The van der Waals surface area contributed by atoms with Crippen LogP contribution < -0.4 is 5.73 Å². The lowest BCUT2D eigenvalue weighted by Gasteiger charge is -2.07. The zero-order chi connectivity index (χ0) is 12.4. The fourth-order valence-corrected chi connectivity index (χ4v) is 2.30. The van der Waals surface area contributed by atoms with Gasteiger partial charge in [-0.3, -0.25) is 4.79 Å². The second kappa shape index (κ2) is 4.55. The molecule has 2 N–H and O–H groups in total. The summed E-state index contributed by atoms with van der Waals surface area (Å²) in [6.07, 6.45) is -0.910. The highest BCUT2D eigenvalue weighted by Gasteiger charge is 2.17. The molecule has 17 heavy (non-hydrogen) atoms. The van der Waals surface area contributed by atoms with Crippen LogP contribution in [0.5, 0.6) is 0 Å². The van der Waals surface area contributed by atoms with E-state index in [4.69, 9.17) is 10.5 Å². The normalized spacial score (nSPS) is 12.3. The molecule has 1 atom stereocenters. The van der Waals surface area contributed by atoms with Gasteiger partial charge in [-0.15, -0.1) is 11.3 Å². The number of thiophene rings is 1. The van der Waals surface area contributed by atoms with E-state index < -0.39 is 18.0 Å². The van der Waals surface area contributed by atoms with Crippen LogP contribution in [0.2, 0.25) is 0 Å². The van der Waals surface area contributed by atoms with Crippen molar-refractivity contribution >= 4 is 33.3 Å². The first-order valence-corrected chi connectivity index (χ1v) is 5.88. The molecule has 1 aromatic heterocycles. The smallest absolute Gasteiger partial charge is 0.349 e. The fourth-order valence-electron chi connectivity index (χ4n) is 1.36. The third kappa shape index (κ3) is 2.45. The summed E-state index contributed by atoms with van der Waals surface area (Å²) >= 11 is 1.33. The van der Waals surface area contributed by atoms with E-state index in [9.17, 15) is 9.59 Å². The maximum Gasteiger partial charge on any atom is 0.349 e. The molecule has 1 aromatic carbocycles. The van der Waals surface area contributed by atoms with E-state index in [0.717, 1.165) is 10.1 Å². The van der Waals surface area contributed by atoms with Gasteiger partial charge in [0.1, 0.15) is 4.88 Å². The molecule has 1 amide bonds. The Morgan fingerprint density at radius 1 is 1.35 bits per heavy atom. The highest BCUT2D eigenvalue weighted by atomic mass is 32.1. The van der Waals surface area contributed by atoms with Crippen LogP contribution in [0.25, 0.3) is 10.1 Å². The summed E-state index contributed by atoms with van der Waals surface area (Å²) in [5.41, 5.74) is 5.02. The van der Waals surface area contributed by atoms with Crippen molar-refractivity contribution in [2.24, 2.45) is 5.73 Å². The molecule has 0 saturated carbocycles. The number of amides is 1. The minimum atomic E-state index is -0.910. The van der Waals surface area contributed by atoms with E-state index in [1.165, 1.54) is 18.3 Å². The number of rotatable bonds is 3. The summed E-state index contributed by atoms with van der Waals surface area (Å²) in [7, 11) is 0. The van der Waals surface area contributed by atoms with Crippen molar-refractivity contribution in [2.75, 3.05) is 0 Å². The lowest BCUT2D eigenvalue weighted by Crippen LogP contribution is -2.30. The predicted molar refractivity (Wildman–Crippen MR) is 65.9 cm³/mol. The molecule has 88 valence electrons. The summed E-state index contributed by atoms with van der Waals surface area (Å²) in [4.78, 5) is 23.0. The molecule has 5 heteroatoms. The second-order valence-electron chi connectivity index (χ2n) is 3.60. The van der Waals surface area contributed by atoms with Gasteiger partial charge in [0.25, 0.3) is 5.91 Å². The van der Waals surface area contributed by atoms with E-state index in [1.807, 2.05) is 24.3 Å². The van der Waals surface area contributed by atoms with Crippen LogP contribution in [0.4, 0.5) is 0 Å². The van der Waals surface area contributed by atoms with Crippen molar-refractivity contribution in [3.63, 3.8) is 0 Å². The van der Waals surface area contributed by atoms with Crippen molar-refractivity contribution in [1.29, 1.82) is 0 Å². The Labute approximate surface area is 102 Å². The van der Waals surface area contributed by atoms with E-state index in [1.54, 1.807) is 6.07 Å². The molecule has 4 nitrogen and oxygen atoms in total. The monoisotopic (exact) mass is 249 g/mol. The van der Waals surface area contributed by atoms with E-state index in [0.29, 0.717) is 4.88 Å². The molecule has 0 aliphatic carbocycles. The summed E-state index contributed by atoms with van der Waals surface area (Å²) in [6.45, 7) is 1.45. The zero-order valence-corrected chi connectivity index (χ0v) is 9.99. The molecular formula is C12H11NO3S. The molecule has 0 unspecified atom stereocenters. The molecule has 0 bridgehead atoms. The van der Waals surface area contributed by atoms with Gasteiger partial charge in [-0.25, -0.2) is 4.79 Å². The zero-order valence-electron chi connectivity index (χ0n) is 9.17. The highest BCUT2D eigenvalue weighted by molar-refractivity contribution is 7.20. The Morgan fingerprint density at radius 3 is 2.71 bits per heavy atom. The van der Waals surface area contributed by atoms with Crippen molar-refractivity contribution in [3.8, 4) is 0 Å².